The highest BCUT2D eigenvalue weighted by Gasteiger charge is 2.29. The Morgan fingerprint density at radius 2 is 1.88 bits per heavy atom. The molecule has 3 rings (SSSR count). The van der Waals surface area contributed by atoms with Gasteiger partial charge in [-0.1, -0.05) is 25.9 Å². The summed E-state index contributed by atoms with van der Waals surface area (Å²) in [6.45, 7) is 7.66. The van der Waals surface area contributed by atoms with Crippen molar-refractivity contribution < 1.29 is 13.7 Å². The Bertz CT molecular complexity index is 726. The topological polar surface area (TPSA) is 59.2 Å². The lowest BCUT2D eigenvalue weighted by Crippen LogP contribution is -2.39. The van der Waals surface area contributed by atoms with Crippen LogP contribution in [0.15, 0.2) is 28.8 Å². The average Bonchev–Trinajstić information content (AvgIpc) is 3.04. The van der Waals surface area contributed by atoms with E-state index < -0.39 is 0 Å². The summed E-state index contributed by atoms with van der Waals surface area (Å²) in [6, 6.07) is 6.03. The van der Waals surface area contributed by atoms with Crippen LogP contribution in [0.25, 0.3) is 11.4 Å². The molecular formula is C19H24FN3O2. The first kappa shape index (κ1) is 17.6. The molecule has 0 saturated carbocycles. The Hall–Kier alpha value is -2.24. The first-order chi connectivity index (χ1) is 11.8. The molecule has 0 atom stereocenters. The molecule has 1 aliphatic heterocycles. The summed E-state index contributed by atoms with van der Waals surface area (Å²) in [5.41, 5.74) is 0.735. The largest absolute Gasteiger partial charge is 0.343 e. The molecule has 1 amide bonds. The van der Waals surface area contributed by atoms with Crippen molar-refractivity contribution in [2.24, 2.45) is 5.41 Å². The van der Waals surface area contributed by atoms with Crippen molar-refractivity contribution in [3.8, 4) is 11.4 Å². The smallest absolute Gasteiger partial charge is 0.230 e. The Morgan fingerprint density at radius 1 is 1.24 bits per heavy atom. The van der Waals surface area contributed by atoms with E-state index in [1.54, 1.807) is 12.1 Å². The number of hydrogen-bond donors (Lipinski definition) is 0. The molecule has 134 valence electrons. The highest BCUT2D eigenvalue weighted by atomic mass is 19.1. The molecule has 0 N–H and O–H groups in total. The Labute approximate surface area is 147 Å². The fourth-order valence-corrected chi connectivity index (χ4v) is 3.06. The van der Waals surface area contributed by atoms with Crippen LogP contribution in [0.2, 0.25) is 0 Å². The summed E-state index contributed by atoms with van der Waals surface area (Å²) < 4.78 is 18.4. The molecule has 0 unspecified atom stereocenters. The first-order valence-electron chi connectivity index (χ1n) is 8.69. The zero-order chi connectivity index (χ0) is 18.0. The Kier molecular flexibility index (Phi) is 4.88. The molecule has 0 bridgehead atoms. The zero-order valence-electron chi connectivity index (χ0n) is 15.0. The third kappa shape index (κ3) is 4.44. The van der Waals surface area contributed by atoms with Gasteiger partial charge in [-0.25, -0.2) is 4.39 Å². The number of benzene rings is 1. The maximum Gasteiger partial charge on any atom is 0.230 e. The summed E-state index contributed by atoms with van der Waals surface area (Å²) in [5, 5.41) is 4.00. The predicted molar refractivity (Wildman–Crippen MR) is 92.3 cm³/mol. The number of likely N-dealkylation sites (tertiary alicyclic amines) is 1. The van der Waals surface area contributed by atoms with E-state index in [4.69, 9.17) is 4.52 Å². The van der Waals surface area contributed by atoms with Gasteiger partial charge < -0.3 is 9.42 Å². The van der Waals surface area contributed by atoms with Crippen LogP contribution in [-0.2, 0) is 4.79 Å². The number of nitrogens with zero attached hydrogens (tertiary/aromatic N) is 3. The van der Waals surface area contributed by atoms with Gasteiger partial charge >= 0.3 is 0 Å². The number of hydrogen-bond acceptors (Lipinski definition) is 4. The van der Waals surface area contributed by atoms with Gasteiger partial charge in [0, 0.05) is 31.0 Å². The van der Waals surface area contributed by atoms with E-state index in [0.29, 0.717) is 31.2 Å². The first-order valence-corrected chi connectivity index (χ1v) is 8.69. The van der Waals surface area contributed by atoms with Crippen LogP contribution in [-0.4, -0.2) is 34.0 Å². The van der Waals surface area contributed by atoms with Crippen molar-refractivity contribution in [1.82, 2.24) is 15.0 Å². The second kappa shape index (κ2) is 6.94. The van der Waals surface area contributed by atoms with Crippen molar-refractivity contribution >= 4 is 5.91 Å². The van der Waals surface area contributed by atoms with Gasteiger partial charge in [0.25, 0.3) is 0 Å². The van der Waals surface area contributed by atoms with Crippen molar-refractivity contribution in [1.29, 1.82) is 0 Å². The number of carbonyl (C=O) groups is 1. The van der Waals surface area contributed by atoms with Crippen LogP contribution >= 0.6 is 0 Å². The number of piperidine rings is 1. The van der Waals surface area contributed by atoms with Crippen LogP contribution < -0.4 is 0 Å². The minimum absolute atomic E-state index is 0.00444. The number of aromatic nitrogens is 2. The second-order valence-corrected chi connectivity index (χ2v) is 7.86. The lowest BCUT2D eigenvalue weighted by atomic mass is 9.90. The number of carbonyl (C=O) groups excluding carboxylic acids is 1. The van der Waals surface area contributed by atoms with Crippen LogP contribution in [0.3, 0.4) is 0 Å². The van der Waals surface area contributed by atoms with Gasteiger partial charge in [-0.3, -0.25) is 4.79 Å². The minimum Gasteiger partial charge on any atom is -0.343 e. The van der Waals surface area contributed by atoms with Gasteiger partial charge in [0.1, 0.15) is 5.82 Å². The van der Waals surface area contributed by atoms with E-state index in [9.17, 15) is 9.18 Å². The molecule has 25 heavy (non-hydrogen) atoms. The molecule has 6 heteroatoms. The van der Waals surface area contributed by atoms with E-state index in [1.807, 2.05) is 4.90 Å². The van der Waals surface area contributed by atoms with E-state index in [-0.39, 0.29) is 23.1 Å². The van der Waals surface area contributed by atoms with Crippen molar-refractivity contribution in [2.45, 2.75) is 46.0 Å². The summed E-state index contributed by atoms with van der Waals surface area (Å²) >= 11 is 0. The number of rotatable bonds is 3. The average molecular weight is 345 g/mol. The van der Waals surface area contributed by atoms with Crippen LogP contribution in [0.4, 0.5) is 4.39 Å². The molecule has 0 spiro atoms. The lowest BCUT2D eigenvalue weighted by molar-refractivity contribution is -0.134. The van der Waals surface area contributed by atoms with Gasteiger partial charge in [0.2, 0.25) is 17.6 Å². The second-order valence-electron chi connectivity index (χ2n) is 7.86. The third-order valence-corrected chi connectivity index (χ3v) is 4.42. The molecule has 1 fully saturated rings. The van der Waals surface area contributed by atoms with E-state index in [1.165, 1.54) is 12.1 Å². The van der Waals surface area contributed by atoms with Crippen molar-refractivity contribution in [3.05, 3.63) is 36.0 Å². The predicted octanol–water partition coefficient (Wildman–Crippen LogP) is 4.02. The highest BCUT2D eigenvalue weighted by Crippen LogP contribution is 2.30. The molecule has 5 nitrogen and oxygen atoms in total. The van der Waals surface area contributed by atoms with Gasteiger partial charge in [-0.15, -0.1) is 0 Å². The summed E-state index contributed by atoms with van der Waals surface area (Å²) in [6.07, 6.45) is 2.20. The minimum atomic E-state index is -0.292. The quantitative estimate of drug-likeness (QED) is 0.843. The standard InChI is InChI=1S/C19H24FN3O2/c1-19(2,3)12-16(24)23-10-8-14(9-11-23)18-21-17(22-25-18)13-4-6-15(20)7-5-13/h4-7,14H,8-12H2,1-3H3. The SMILES string of the molecule is CC(C)(C)CC(=O)N1CCC(c2nc(-c3ccc(F)cc3)no2)CC1. The van der Waals surface area contributed by atoms with E-state index >= 15 is 0 Å². The molecule has 0 aliphatic carbocycles. The van der Waals surface area contributed by atoms with Gasteiger partial charge in [0.15, 0.2) is 0 Å². The van der Waals surface area contributed by atoms with Crippen molar-refractivity contribution in [3.63, 3.8) is 0 Å². The maximum absolute atomic E-state index is 13.0. The van der Waals surface area contributed by atoms with Gasteiger partial charge in [0.05, 0.1) is 0 Å². The molecule has 2 aromatic rings. The summed E-state index contributed by atoms with van der Waals surface area (Å²) in [7, 11) is 0. The summed E-state index contributed by atoms with van der Waals surface area (Å²) in [5.74, 6) is 1.16. The molecule has 2 heterocycles. The number of halogens is 1. The normalized spacial score (nSPS) is 16.2. The van der Waals surface area contributed by atoms with Gasteiger partial charge in [-0.05, 0) is 42.5 Å². The Morgan fingerprint density at radius 3 is 2.48 bits per heavy atom. The third-order valence-electron chi connectivity index (χ3n) is 4.42. The highest BCUT2D eigenvalue weighted by molar-refractivity contribution is 5.76. The van der Waals surface area contributed by atoms with Crippen LogP contribution in [0, 0.1) is 11.2 Å². The fraction of sp³-hybridized carbons (Fsp3) is 0.526. The molecule has 1 aromatic carbocycles. The maximum atomic E-state index is 13.0. The molecule has 0 radical (unpaired) electrons. The number of amides is 1. The van der Waals surface area contributed by atoms with Crippen molar-refractivity contribution in [2.75, 3.05) is 13.1 Å². The fourth-order valence-electron chi connectivity index (χ4n) is 3.06. The molecule has 1 aliphatic rings. The lowest BCUT2D eigenvalue weighted by Gasteiger charge is -2.32. The van der Waals surface area contributed by atoms with E-state index in [2.05, 4.69) is 30.9 Å². The molecule has 1 saturated heterocycles. The monoisotopic (exact) mass is 345 g/mol. The zero-order valence-corrected chi connectivity index (χ0v) is 15.0. The van der Waals surface area contributed by atoms with E-state index in [0.717, 1.165) is 18.4 Å². The van der Waals surface area contributed by atoms with Crippen LogP contribution in [0.5, 0.6) is 0 Å². The summed E-state index contributed by atoms with van der Waals surface area (Å²) in [4.78, 5) is 18.7. The Balaban J connectivity index is 1.60. The molecular weight excluding hydrogens is 321 g/mol. The van der Waals surface area contributed by atoms with Gasteiger partial charge in [-0.2, -0.15) is 4.98 Å². The van der Waals surface area contributed by atoms with Crippen LogP contribution in [0.1, 0.15) is 51.8 Å². The molecule has 1 aromatic heterocycles.